The summed E-state index contributed by atoms with van der Waals surface area (Å²) in [4.78, 5) is 36.7. The maximum atomic E-state index is 12.8. The first kappa shape index (κ1) is 24.0. The number of aliphatic carboxylic acids is 1. The quantitative estimate of drug-likeness (QED) is 0.452. The van der Waals surface area contributed by atoms with Crippen molar-refractivity contribution in [3.8, 4) is 11.1 Å². The lowest BCUT2D eigenvalue weighted by atomic mass is 9.98. The van der Waals surface area contributed by atoms with E-state index in [-0.39, 0.29) is 36.2 Å². The largest absolute Gasteiger partial charge is 0.481 e. The number of nitrogens with zero attached hydrogens (tertiary/aromatic N) is 2. The van der Waals surface area contributed by atoms with E-state index in [0.29, 0.717) is 0 Å². The molecule has 0 spiro atoms. The van der Waals surface area contributed by atoms with Gasteiger partial charge in [0.05, 0.1) is 6.42 Å². The third kappa shape index (κ3) is 5.18. The summed E-state index contributed by atoms with van der Waals surface area (Å²) in [5.74, 6) is -1.67. The summed E-state index contributed by atoms with van der Waals surface area (Å²) < 4.78 is 6.95. The zero-order valence-corrected chi connectivity index (χ0v) is 19.8. The standard InChI is InChI=1S/C26H28N4O5/c1-15(2)22(12-23(31)32)27-25(33)20-13-30(3)29-24(20)28-26(34)35-14-21-18-10-6-4-8-16(18)17-9-5-7-11-19(17)21/h4-11,13,15,21-22H,12,14H2,1-3H3,(H,27,33)(H,31,32)(H,28,29,34). The van der Waals surface area contributed by atoms with Crippen molar-refractivity contribution in [2.24, 2.45) is 13.0 Å². The zero-order valence-electron chi connectivity index (χ0n) is 19.8. The Morgan fingerprint density at radius 3 is 2.23 bits per heavy atom. The second kappa shape index (κ2) is 10.0. The molecule has 1 aliphatic rings. The van der Waals surface area contributed by atoms with Gasteiger partial charge < -0.3 is 15.2 Å². The average molecular weight is 477 g/mol. The molecule has 1 aromatic heterocycles. The Labute approximate surface area is 203 Å². The number of fused-ring (bicyclic) bond motifs is 3. The zero-order chi connectivity index (χ0) is 25.1. The van der Waals surface area contributed by atoms with Crippen LogP contribution < -0.4 is 10.6 Å². The summed E-state index contributed by atoms with van der Waals surface area (Å²) in [6.45, 7) is 3.78. The number of carboxylic acid groups (broad SMARTS) is 1. The minimum Gasteiger partial charge on any atom is -0.481 e. The molecule has 9 heteroatoms. The molecule has 0 fully saturated rings. The van der Waals surface area contributed by atoms with Crippen LogP contribution in [0.1, 0.15) is 47.7 Å². The number of carbonyl (C=O) groups is 3. The summed E-state index contributed by atoms with van der Waals surface area (Å²) in [5.41, 5.74) is 4.57. The number of ether oxygens (including phenoxy) is 1. The van der Waals surface area contributed by atoms with Crippen LogP contribution in [0.25, 0.3) is 11.1 Å². The van der Waals surface area contributed by atoms with Crippen molar-refractivity contribution in [2.45, 2.75) is 32.2 Å². The third-order valence-electron chi connectivity index (χ3n) is 6.15. The number of aromatic nitrogens is 2. The number of hydrogen-bond donors (Lipinski definition) is 3. The van der Waals surface area contributed by atoms with Gasteiger partial charge in [0.1, 0.15) is 12.2 Å². The molecule has 0 saturated carbocycles. The molecule has 4 rings (SSSR count). The van der Waals surface area contributed by atoms with E-state index >= 15 is 0 Å². The van der Waals surface area contributed by atoms with E-state index in [4.69, 9.17) is 9.84 Å². The molecule has 2 amide bonds. The summed E-state index contributed by atoms with van der Waals surface area (Å²) >= 11 is 0. The minimum absolute atomic E-state index is 0.0417. The second-order valence-electron chi connectivity index (χ2n) is 8.94. The van der Waals surface area contributed by atoms with E-state index in [1.807, 2.05) is 50.2 Å². The first-order chi connectivity index (χ1) is 16.7. The minimum atomic E-state index is -1.01. The highest BCUT2D eigenvalue weighted by Crippen LogP contribution is 2.44. The van der Waals surface area contributed by atoms with Gasteiger partial charge in [0, 0.05) is 25.2 Å². The van der Waals surface area contributed by atoms with Crippen LogP contribution in [-0.4, -0.2) is 45.5 Å². The number of rotatable bonds is 8. The molecule has 1 aliphatic carbocycles. The van der Waals surface area contributed by atoms with E-state index in [2.05, 4.69) is 27.9 Å². The number of carbonyl (C=O) groups excluding carboxylic acids is 2. The summed E-state index contributed by atoms with van der Waals surface area (Å²) in [6, 6.07) is 15.5. The van der Waals surface area contributed by atoms with Crippen LogP contribution in [0.3, 0.4) is 0 Å². The van der Waals surface area contributed by atoms with Gasteiger partial charge in [0.15, 0.2) is 5.82 Å². The smallest absolute Gasteiger partial charge is 0.412 e. The monoisotopic (exact) mass is 476 g/mol. The molecule has 3 N–H and O–H groups in total. The maximum Gasteiger partial charge on any atom is 0.412 e. The summed E-state index contributed by atoms with van der Waals surface area (Å²) in [6.07, 6.45) is 0.524. The van der Waals surface area contributed by atoms with E-state index in [1.165, 1.54) is 10.9 Å². The van der Waals surface area contributed by atoms with Crippen LogP contribution in [0.2, 0.25) is 0 Å². The molecular weight excluding hydrogens is 448 g/mol. The highest BCUT2D eigenvalue weighted by atomic mass is 16.5. The molecule has 1 heterocycles. The predicted octanol–water partition coefficient (Wildman–Crippen LogP) is 4.01. The Hall–Kier alpha value is -4.14. The van der Waals surface area contributed by atoms with Gasteiger partial charge in [0.25, 0.3) is 5.91 Å². The molecular formula is C26H28N4O5. The van der Waals surface area contributed by atoms with Gasteiger partial charge >= 0.3 is 12.1 Å². The van der Waals surface area contributed by atoms with E-state index in [1.54, 1.807) is 7.05 Å². The second-order valence-corrected chi connectivity index (χ2v) is 8.94. The number of carboxylic acids is 1. The summed E-state index contributed by atoms with van der Waals surface area (Å²) in [5, 5.41) is 18.6. The Bertz CT molecular complexity index is 1220. The number of aryl methyl sites for hydroxylation is 1. The topological polar surface area (TPSA) is 123 Å². The van der Waals surface area contributed by atoms with Crippen molar-refractivity contribution in [1.29, 1.82) is 0 Å². The molecule has 0 bridgehead atoms. The van der Waals surface area contributed by atoms with E-state index < -0.39 is 24.0 Å². The van der Waals surface area contributed by atoms with Crippen molar-refractivity contribution >= 4 is 23.8 Å². The van der Waals surface area contributed by atoms with Crippen LogP contribution in [0.4, 0.5) is 10.6 Å². The van der Waals surface area contributed by atoms with Gasteiger partial charge in [-0.3, -0.25) is 19.6 Å². The fraction of sp³-hybridized carbons (Fsp3) is 0.308. The summed E-state index contributed by atoms with van der Waals surface area (Å²) in [7, 11) is 1.62. The van der Waals surface area contributed by atoms with Gasteiger partial charge in [-0.05, 0) is 28.2 Å². The van der Waals surface area contributed by atoms with Crippen LogP contribution in [-0.2, 0) is 16.6 Å². The SMILES string of the molecule is CC(C)C(CC(=O)O)NC(=O)c1cn(C)nc1NC(=O)OCC1c2ccccc2-c2ccccc21. The Morgan fingerprint density at radius 2 is 1.66 bits per heavy atom. The van der Waals surface area contributed by atoms with Crippen LogP contribution in [0.15, 0.2) is 54.7 Å². The Balaban J connectivity index is 1.44. The Kier molecular flexibility index (Phi) is 6.86. The third-order valence-corrected chi connectivity index (χ3v) is 6.15. The number of amides is 2. The predicted molar refractivity (Wildman–Crippen MR) is 130 cm³/mol. The lowest BCUT2D eigenvalue weighted by Gasteiger charge is -2.20. The van der Waals surface area contributed by atoms with Gasteiger partial charge in [-0.25, -0.2) is 4.79 Å². The van der Waals surface area contributed by atoms with Gasteiger partial charge in [-0.2, -0.15) is 5.10 Å². The molecule has 35 heavy (non-hydrogen) atoms. The first-order valence-electron chi connectivity index (χ1n) is 11.4. The van der Waals surface area contributed by atoms with Crippen molar-refractivity contribution in [3.05, 3.63) is 71.4 Å². The van der Waals surface area contributed by atoms with Crippen molar-refractivity contribution in [3.63, 3.8) is 0 Å². The van der Waals surface area contributed by atoms with Crippen LogP contribution >= 0.6 is 0 Å². The maximum absolute atomic E-state index is 12.8. The average Bonchev–Trinajstić information content (AvgIpc) is 3.34. The fourth-order valence-corrected chi connectivity index (χ4v) is 4.37. The van der Waals surface area contributed by atoms with E-state index in [9.17, 15) is 14.4 Å². The molecule has 1 atom stereocenters. The number of hydrogen-bond acceptors (Lipinski definition) is 5. The van der Waals surface area contributed by atoms with Gasteiger partial charge in [0.2, 0.25) is 0 Å². The molecule has 0 aliphatic heterocycles. The molecule has 9 nitrogen and oxygen atoms in total. The Morgan fingerprint density at radius 1 is 1.06 bits per heavy atom. The van der Waals surface area contributed by atoms with Crippen LogP contribution in [0.5, 0.6) is 0 Å². The highest BCUT2D eigenvalue weighted by molar-refractivity contribution is 6.01. The van der Waals surface area contributed by atoms with Crippen LogP contribution in [0, 0.1) is 5.92 Å². The lowest BCUT2D eigenvalue weighted by Crippen LogP contribution is -2.40. The number of nitrogens with one attached hydrogen (secondary N) is 2. The number of benzene rings is 2. The molecule has 3 aromatic rings. The van der Waals surface area contributed by atoms with Crippen molar-refractivity contribution in [2.75, 3.05) is 11.9 Å². The highest BCUT2D eigenvalue weighted by Gasteiger charge is 2.29. The molecule has 182 valence electrons. The molecule has 0 radical (unpaired) electrons. The fourth-order valence-electron chi connectivity index (χ4n) is 4.37. The molecule has 2 aromatic carbocycles. The first-order valence-corrected chi connectivity index (χ1v) is 11.4. The molecule has 0 saturated heterocycles. The normalized spacial score (nSPS) is 13.1. The number of anilines is 1. The van der Waals surface area contributed by atoms with Gasteiger partial charge in [-0.1, -0.05) is 62.4 Å². The van der Waals surface area contributed by atoms with Gasteiger partial charge in [-0.15, -0.1) is 0 Å². The molecule has 1 unspecified atom stereocenters. The lowest BCUT2D eigenvalue weighted by molar-refractivity contribution is -0.137. The van der Waals surface area contributed by atoms with Crippen molar-refractivity contribution < 1.29 is 24.2 Å². The van der Waals surface area contributed by atoms with E-state index in [0.717, 1.165) is 22.3 Å². The van der Waals surface area contributed by atoms with Crippen molar-refractivity contribution in [1.82, 2.24) is 15.1 Å².